The number of benzene rings is 2. The van der Waals surface area contributed by atoms with Crippen molar-refractivity contribution in [3.63, 3.8) is 0 Å². The second-order valence-corrected chi connectivity index (χ2v) is 11.5. The zero-order valence-corrected chi connectivity index (χ0v) is 26.2. The van der Waals surface area contributed by atoms with Gasteiger partial charge in [0.1, 0.15) is 48.1 Å². The average molecular weight is 627 g/mol. The molecule has 0 bridgehead atoms. The molecule has 2 aliphatic rings. The molecule has 0 radical (unpaired) electrons. The molecule has 0 aliphatic carbocycles. The van der Waals surface area contributed by atoms with Gasteiger partial charge in [0, 0.05) is 19.1 Å². The molecule has 11 heteroatoms. The Hall–Kier alpha value is -3.74. The van der Waals surface area contributed by atoms with E-state index in [2.05, 4.69) is 0 Å². The van der Waals surface area contributed by atoms with Crippen LogP contribution in [-0.4, -0.2) is 85.6 Å². The summed E-state index contributed by atoms with van der Waals surface area (Å²) in [5.41, 5.74) is 0.993. The van der Waals surface area contributed by atoms with Gasteiger partial charge in [0.15, 0.2) is 12.6 Å². The zero-order chi connectivity index (χ0) is 32.6. The zero-order valence-electron chi connectivity index (χ0n) is 26.2. The molecule has 0 amide bonds. The van der Waals surface area contributed by atoms with Gasteiger partial charge in [-0.25, -0.2) is 9.59 Å². The molecule has 0 aromatic heterocycles. The molecule has 11 nitrogen and oxygen atoms in total. The summed E-state index contributed by atoms with van der Waals surface area (Å²) >= 11 is 0. The van der Waals surface area contributed by atoms with E-state index in [0.29, 0.717) is 23.3 Å². The van der Waals surface area contributed by atoms with Gasteiger partial charge >= 0.3 is 11.9 Å². The van der Waals surface area contributed by atoms with Crippen molar-refractivity contribution in [2.75, 3.05) is 27.1 Å². The van der Waals surface area contributed by atoms with E-state index in [1.165, 1.54) is 13.2 Å². The predicted octanol–water partition coefficient (Wildman–Crippen LogP) is 4.30. The molecule has 45 heavy (non-hydrogen) atoms. The van der Waals surface area contributed by atoms with Crippen molar-refractivity contribution in [2.24, 2.45) is 5.92 Å². The third kappa shape index (κ3) is 9.15. The number of hydrogen-bond acceptors (Lipinski definition) is 11. The lowest BCUT2D eigenvalue weighted by Gasteiger charge is -2.26. The molecule has 2 N–H and O–H groups in total. The van der Waals surface area contributed by atoms with Crippen LogP contribution in [0.3, 0.4) is 0 Å². The number of carbonyl (C=O) groups is 2. The summed E-state index contributed by atoms with van der Waals surface area (Å²) in [6, 6.07) is 11.8. The second kappa shape index (κ2) is 15.5. The van der Waals surface area contributed by atoms with Crippen LogP contribution in [-0.2, 0) is 23.7 Å². The Kier molecular flexibility index (Phi) is 11.8. The number of hydrogen-bond donors (Lipinski definition) is 2. The Bertz CT molecular complexity index is 1350. The topological polar surface area (TPSA) is 139 Å². The van der Waals surface area contributed by atoms with Crippen LogP contribution in [0.15, 0.2) is 60.7 Å². The summed E-state index contributed by atoms with van der Waals surface area (Å²) in [5.74, 6) is -1.91. The summed E-state index contributed by atoms with van der Waals surface area (Å²) < 4.78 is 41.0. The van der Waals surface area contributed by atoms with Gasteiger partial charge in [-0.1, -0.05) is 43.4 Å². The quantitative estimate of drug-likeness (QED) is 0.234. The SMILES string of the molecule is COCOc1cc(OCC(O)CO)cc2c1C(=O)O[C@@H](C)[C@H](C)/C=C\C(OC(=O)c1ccccc1)C1OC(C)(C)O[C@H]1C/C=C/2. The summed E-state index contributed by atoms with van der Waals surface area (Å²) in [5, 5.41) is 19.0. The maximum absolute atomic E-state index is 13.6. The molecule has 244 valence electrons. The van der Waals surface area contributed by atoms with Crippen molar-refractivity contribution in [1.82, 2.24) is 0 Å². The average Bonchev–Trinajstić information content (AvgIpc) is 3.33. The van der Waals surface area contributed by atoms with E-state index in [1.807, 2.05) is 25.1 Å². The lowest BCUT2D eigenvalue weighted by Crippen LogP contribution is -2.37. The first-order chi connectivity index (χ1) is 21.5. The second-order valence-electron chi connectivity index (χ2n) is 11.5. The molecule has 1 saturated heterocycles. The monoisotopic (exact) mass is 626 g/mol. The van der Waals surface area contributed by atoms with E-state index >= 15 is 0 Å². The molecule has 0 saturated carbocycles. The molecule has 4 rings (SSSR count). The molecule has 2 aliphatic heterocycles. The van der Waals surface area contributed by atoms with Crippen LogP contribution < -0.4 is 9.47 Å². The number of cyclic esters (lactones) is 1. The Morgan fingerprint density at radius 3 is 2.56 bits per heavy atom. The Balaban J connectivity index is 1.74. The minimum atomic E-state index is -1.10. The van der Waals surface area contributed by atoms with E-state index in [4.69, 9.17) is 33.2 Å². The number of esters is 2. The van der Waals surface area contributed by atoms with E-state index in [9.17, 15) is 19.8 Å². The van der Waals surface area contributed by atoms with Gasteiger partial charge in [-0.05, 0) is 57.0 Å². The fourth-order valence-electron chi connectivity index (χ4n) is 4.94. The highest BCUT2D eigenvalue weighted by molar-refractivity contribution is 5.97. The molecule has 2 heterocycles. The summed E-state index contributed by atoms with van der Waals surface area (Å²) in [6.07, 6.45) is 3.84. The third-order valence-electron chi connectivity index (χ3n) is 7.40. The maximum Gasteiger partial charge on any atom is 0.342 e. The van der Waals surface area contributed by atoms with Gasteiger partial charge in [0.25, 0.3) is 0 Å². The van der Waals surface area contributed by atoms with Crippen molar-refractivity contribution in [3.8, 4) is 11.5 Å². The fourth-order valence-corrected chi connectivity index (χ4v) is 4.94. The summed E-state index contributed by atoms with van der Waals surface area (Å²) in [4.78, 5) is 26.8. The number of aliphatic hydroxyl groups excluding tert-OH is 2. The van der Waals surface area contributed by atoms with Crippen molar-refractivity contribution in [2.45, 2.75) is 70.4 Å². The van der Waals surface area contributed by atoms with Gasteiger partial charge in [0.05, 0.1) is 18.3 Å². The third-order valence-corrected chi connectivity index (χ3v) is 7.40. The highest BCUT2D eigenvalue weighted by atomic mass is 16.8. The maximum atomic E-state index is 13.6. The minimum absolute atomic E-state index is 0.145. The van der Waals surface area contributed by atoms with Crippen LogP contribution in [0.5, 0.6) is 11.5 Å². The predicted molar refractivity (Wildman–Crippen MR) is 164 cm³/mol. The van der Waals surface area contributed by atoms with Gasteiger partial charge in [-0.2, -0.15) is 0 Å². The van der Waals surface area contributed by atoms with Crippen LogP contribution in [0.2, 0.25) is 0 Å². The first kappa shape index (κ1) is 34.1. The van der Waals surface area contributed by atoms with Crippen LogP contribution in [0.25, 0.3) is 6.08 Å². The van der Waals surface area contributed by atoms with Crippen LogP contribution in [0.1, 0.15) is 60.4 Å². The molecular weight excluding hydrogens is 584 g/mol. The number of fused-ring (bicyclic) bond motifs is 2. The number of rotatable bonds is 9. The number of methoxy groups -OCH3 is 1. The smallest absolute Gasteiger partial charge is 0.342 e. The summed E-state index contributed by atoms with van der Waals surface area (Å²) in [7, 11) is 1.46. The van der Waals surface area contributed by atoms with Crippen LogP contribution in [0, 0.1) is 5.92 Å². The molecule has 6 atom stereocenters. The number of aliphatic hydroxyl groups is 2. The van der Waals surface area contributed by atoms with Gasteiger partial charge in [0.2, 0.25) is 0 Å². The van der Waals surface area contributed by atoms with Crippen molar-refractivity contribution in [3.05, 3.63) is 77.4 Å². The highest BCUT2D eigenvalue weighted by Crippen LogP contribution is 2.36. The summed E-state index contributed by atoms with van der Waals surface area (Å²) in [6.45, 7) is 6.45. The largest absolute Gasteiger partial charge is 0.491 e. The van der Waals surface area contributed by atoms with Gasteiger partial charge < -0.3 is 43.4 Å². The minimum Gasteiger partial charge on any atom is -0.491 e. The standard InChI is InChI=1S/C34H42O11/c1-21-14-15-27(43-32(37)23-10-7-6-8-11-23)31-28(44-34(3,4)45-31)13-9-12-24-16-26(40-19-25(36)18-35)17-29(41-20-39-5)30(24)33(38)42-22(21)2/h6-12,14-17,21-22,25,27-28,31,35-36H,13,18-20H2,1-5H3/b12-9+,15-14-/t21-,22+,25?,27?,28+,31?/m1/s1. The molecule has 0 spiro atoms. The molecule has 3 unspecified atom stereocenters. The molecule has 2 aromatic rings. The van der Waals surface area contributed by atoms with E-state index < -0.39 is 54.9 Å². The van der Waals surface area contributed by atoms with Crippen molar-refractivity contribution in [1.29, 1.82) is 0 Å². The van der Waals surface area contributed by atoms with Crippen molar-refractivity contribution >= 4 is 18.0 Å². The van der Waals surface area contributed by atoms with Gasteiger partial charge in [-0.3, -0.25) is 0 Å². The molecule has 2 aromatic carbocycles. The van der Waals surface area contributed by atoms with E-state index in [-0.39, 0.29) is 30.6 Å². The number of carbonyl (C=O) groups excluding carboxylic acids is 2. The van der Waals surface area contributed by atoms with Crippen molar-refractivity contribution < 1.29 is 53.0 Å². The Morgan fingerprint density at radius 2 is 1.84 bits per heavy atom. The van der Waals surface area contributed by atoms with E-state index in [0.717, 1.165) is 0 Å². The molecular formula is C34H42O11. The van der Waals surface area contributed by atoms with Crippen LogP contribution in [0.4, 0.5) is 0 Å². The molecule has 1 fully saturated rings. The number of ether oxygens (including phenoxy) is 7. The normalized spacial score (nSPS) is 26.7. The van der Waals surface area contributed by atoms with E-state index in [1.54, 1.807) is 63.3 Å². The van der Waals surface area contributed by atoms with Crippen LogP contribution >= 0.6 is 0 Å². The highest BCUT2D eigenvalue weighted by Gasteiger charge is 2.45. The lowest BCUT2D eigenvalue weighted by molar-refractivity contribution is -0.152. The fraction of sp³-hybridized carbons (Fsp3) is 0.471. The Labute approximate surface area is 263 Å². The Morgan fingerprint density at radius 1 is 1.09 bits per heavy atom. The van der Waals surface area contributed by atoms with Gasteiger partial charge in [-0.15, -0.1) is 0 Å². The first-order valence-corrected chi connectivity index (χ1v) is 14.9. The lowest BCUT2D eigenvalue weighted by atomic mass is 9.98. The first-order valence-electron chi connectivity index (χ1n) is 14.9.